The average Bonchev–Trinajstić information content (AvgIpc) is 2.03. The molecule has 0 aromatic heterocycles. The zero-order chi connectivity index (χ0) is 9.90. The lowest BCUT2D eigenvalue weighted by atomic mass is 10.2. The Kier molecular flexibility index (Phi) is 2.68. The quantitative estimate of drug-likeness (QED) is 0.669. The minimum atomic E-state index is -1.17. The summed E-state index contributed by atoms with van der Waals surface area (Å²) in [5, 5.41) is 11.8. The minimum Gasteiger partial charge on any atom is -0.372 e. The van der Waals surface area contributed by atoms with Crippen molar-refractivity contribution in [1.82, 2.24) is 5.32 Å². The maximum atomic E-state index is 11.4. The molecule has 0 saturated carbocycles. The molecule has 0 atom stereocenters. The van der Waals surface area contributed by atoms with Gasteiger partial charge < -0.3 is 10.4 Å². The summed E-state index contributed by atoms with van der Waals surface area (Å²) < 4.78 is 0. The van der Waals surface area contributed by atoms with Crippen molar-refractivity contribution in [2.75, 3.05) is 0 Å². The molecule has 0 unspecified atom stereocenters. The van der Waals surface area contributed by atoms with Crippen molar-refractivity contribution < 1.29 is 9.90 Å². The molecular formula is C10H13NO2. The first-order chi connectivity index (χ1) is 5.99. The smallest absolute Gasteiger partial charge is 0.253 e. The van der Waals surface area contributed by atoms with Crippen LogP contribution in [0.3, 0.4) is 0 Å². The van der Waals surface area contributed by atoms with Gasteiger partial charge in [0.25, 0.3) is 5.91 Å². The Labute approximate surface area is 77.4 Å². The van der Waals surface area contributed by atoms with Gasteiger partial charge in [0.1, 0.15) is 5.72 Å². The van der Waals surface area contributed by atoms with Crippen LogP contribution in [-0.2, 0) is 0 Å². The third-order valence-electron chi connectivity index (χ3n) is 1.46. The van der Waals surface area contributed by atoms with E-state index >= 15 is 0 Å². The second-order valence-electron chi connectivity index (χ2n) is 3.38. The maximum absolute atomic E-state index is 11.4. The Balaban J connectivity index is 2.71. The minimum absolute atomic E-state index is 0.270. The highest BCUT2D eigenvalue weighted by atomic mass is 16.3. The van der Waals surface area contributed by atoms with Crippen LogP contribution in [0.2, 0.25) is 0 Å². The Morgan fingerprint density at radius 3 is 2.31 bits per heavy atom. The van der Waals surface area contributed by atoms with Gasteiger partial charge in [0, 0.05) is 5.56 Å². The zero-order valence-electron chi connectivity index (χ0n) is 7.74. The first-order valence-corrected chi connectivity index (χ1v) is 4.09. The summed E-state index contributed by atoms with van der Waals surface area (Å²) in [6, 6.07) is 8.78. The number of amides is 1. The summed E-state index contributed by atoms with van der Waals surface area (Å²) in [4.78, 5) is 11.4. The molecule has 0 fully saturated rings. The van der Waals surface area contributed by atoms with E-state index in [1.807, 2.05) is 6.07 Å². The van der Waals surface area contributed by atoms with Gasteiger partial charge in [-0.1, -0.05) is 18.2 Å². The van der Waals surface area contributed by atoms with E-state index in [4.69, 9.17) is 0 Å². The van der Waals surface area contributed by atoms with E-state index in [1.54, 1.807) is 24.3 Å². The van der Waals surface area contributed by atoms with Gasteiger partial charge in [0.2, 0.25) is 0 Å². The largest absolute Gasteiger partial charge is 0.372 e. The monoisotopic (exact) mass is 179 g/mol. The number of aliphatic hydroxyl groups is 1. The lowest BCUT2D eigenvalue weighted by molar-refractivity contribution is 0.0376. The first-order valence-electron chi connectivity index (χ1n) is 4.09. The number of carbonyl (C=O) groups is 1. The third-order valence-corrected chi connectivity index (χ3v) is 1.46. The molecular weight excluding hydrogens is 166 g/mol. The predicted octanol–water partition coefficient (Wildman–Crippen LogP) is 1.14. The number of rotatable bonds is 2. The summed E-state index contributed by atoms with van der Waals surface area (Å²) in [6.07, 6.45) is 0. The van der Waals surface area contributed by atoms with Crippen LogP contribution in [0.15, 0.2) is 30.3 Å². The summed E-state index contributed by atoms with van der Waals surface area (Å²) >= 11 is 0. The highest BCUT2D eigenvalue weighted by Crippen LogP contribution is 2.01. The molecule has 3 nitrogen and oxygen atoms in total. The van der Waals surface area contributed by atoms with Crippen molar-refractivity contribution in [3.8, 4) is 0 Å². The van der Waals surface area contributed by atoms with Crippen LogP contribution < -0.4 is 5.32 Å². The molecule has 13 heavy (non-hydrogen) atoms. The fraction of sp³-hybridized carbons (Fsp3) is 0.300. The molecule has 1 amide bonds. The van der Waals surface area contributed by atoms with Crippen molar-refractivity contribution in [1.29, 1.82) is 0 Å². The number of hydrogen-bond donors (Lipinski definition) is 2. The Morgan fingerprint density at radius 1 is 1.31 bits per heavy atom. The van der Waals surface area contributed by atoms with Crippen molar-refractivity contribution in [2.45, 2.75) is 19.6 Å². The van der Waals surface area contributed by atoms with E-state index in [0.717, 1.165) is 0 Å². The highest BCUT2D eigenvalue weighted by Gasteiger charge is 2.16. The molecule has 0 aliphatic carbocycles. The van der Waals surface area contributed by atoms with E-state index in [-0.39, 0.29) is 5.91 Å². The molecule has 0 heterocycles. The third kappa shape index (κ3) is 3.25. The van der Waals surface area contributed by atoms with Crippen molar-refractivity contribution in [3.63, 3.8) is 0 Å². The second-order valence-corrected chi connectivity index (χ2v) is 3.38. The van der Waals surface area contributed by atoms with Crippen LogP contribution in [0.1, 0.15) is 24.2 Å². The SMILES string of the molecule is CC(C)(O)NC(=O)c1ccccc1. The highest BCUT2D eigenvalue weighted by molar-refractivity contribution is 5.94. The summed E-state index contributed by atoms with van der Waals surface area (Å²) in [6.45, 7) is 3.04. The fourth-order valence-electron chi connectivity index (χ4n) is 0.940. The van der Waals surface area contributed by atoms with E-state index in [0.29, 0.717) is 5.56 Å². The van der Waals surface area contributed by atoms with Gasteiger partial charge in [0.05, 0.1) is 0 Å². The fourth-order valence-corrected chi connectivity index (χ4v) is 0.940. The van der Waals surface area contributed by atoms with Gasteiger partial charge in [-0.2, -0.15) is 0 Å². The molecule has 1 rings (SSSR count). The predicted molar refractivity (Wildman–Crippen MR) is 50.2 cm³/mol. The first kappa shape index (κ1) is 9.74. The van der Waals surface area contributed by atoms with E-state index < -0.39 is 5.72 Å². The van der Waals surface area contributed by atoms with Gasteiger partial charge >= 0.3 is 0 Å². The molecule has 0 bridgehead atoms. The van der Waals surface area contributed by atoms with E-state index in [2.05, 4.69) is 5.32 Å². The van der Waals surface area contributed by atoms with Crippen LogP contribution >= 0.6 is 0 Å². The number of benzene rings is 1. The number of carbonyl (C=O) groups excluding carboxylic acids is 1. The Morgan fingerprint density at radius 2 is 1.85 bits per heavy atom. The summed E-state index contributed by atoms with van der Waals surface area (Å²) in [7, 11) is 0. The number of nitrogens with one attached hydrogen (secondary N) is 1. The zero-order valence-corrected chi connectivity index (χ0v) is 7.74. The molecule has 2 N–H and O–H groups in total. The molecule has 70 valence electrons. The summed E-state index contributed by atoms with van der Waals surface area (Å²) in [5.41, 5.74) is -0.628. The Hall–Kier alpha value is -1.35. The number of hydrogen-bond acceptors (Lipinski definition) is 2. The van der Waals surface area contributed by atoms with E-state index in [9.17, 15) is 9.90 Å². The normalized spacial score (nSPS) is 11.0. The second kappa shape index (κ2) is 3.58. The molecule has 1 aromatic carbocycles. The molecule has 0 aliphatic heterocycles. The van der Waals surface area contributed by atoms with Gasteiger partial charge in [-0.3, -0.25) is 4.79 Å². The summed E-state index contributed by atoms with van der Waals surface area (Å²) in [5.74, 6) is -0.270. The molecule has 0 aliphatic rings. The maximum Gasteiger partial charge on any atom is 0.253 e. The lowest BCUT2D eigenvalue weighted by Crippen LogP contribution is -2.43. The van der Waals surface area contributed by atoms with Crippen molar-refractivity contribution in [2.24, 2.45) is 0 Å². The molecule has 3 heteroatoms. The van der Waals surface area contributed by atoms with Crippen LogP contribution in [0, 0.1) is 0 Å². The van der Waals surface area contributed by atoms with Gasteiger partial charge in [-0.05, 0) is 26.0 Å². The topological polar surface area (TPSA) is 49.3 Å². The van der Waals surface area contributed by atoms with Crippen LogP contribution in [0.25, 0.3) is 0 Å². The van der Waals surface area contributed by atoms with Crippen molar-refractivity contribution in [3.05, 3.63) is 35.9 Å². The molecule has 0 radical (unpaired) electrons. The van der Waals surface area contributed by atoms with Gasteiger partial charge in [-0.25, -0.2) is 0 Å². The van der Waals surface area contributed by atoms with Gasteiger partial charge in [0.15, 0.2) is 0 Å². The molecule has 1 aromatic rings. The van der Waals surface area contributed by atoms with Crippen molar-refractivity contribution >= 4 is 5.91 Å². The molecule has 0 saturated heterocycles. The van der Waals surface area contributed by atoms with Crippen LogP contribution in [0.5, 0.6) is 0 Å². The lowest BCUT2D eigenvalue weighted by Gasteiger charge is -2.18. The van der Waals surface area contributed by atoms with E-state index in [1.165, 1.54) is 13.8 Å². The van der Waals surface area contributed by atoms with Crippen LogP contribution in [-0.4, -0.2) is 16.7 Å². The van der Waals surface area contributed by atoms with Gasteiger partial charge in [-0.15, -0.1) is 0 Å². The average molecular weight is 179 g/mol. The van der Waals surface area contributed by atoms with Crippen LogP contribution in [0.4, 0.5) is 0 Å². The standard InChI is InChI=1S/C10H13NO2/c1-10(2,13)11-9(12)8-6-4-3-5-7-8/h3-7,13H,1-2H3,(H,11,12). The molecule has 0 spiro atoms. The Bertz CT molecular complexity index is 288.